The third-order valence-electron chi connectivity index (χ3n) is 3.37. The third kappa shape index (κ3) is 2.20. The Kier molecular flexibility index (Phi) is 3.06. The summed E-state index contributed by atoms with van der Waals surface area (Å²) in [5.41, 5.74) is -0.0154. The van der Waals surface area contributed by atoms with Crippen LogP contribution in [-0.4, -0.2) is 26.8 Å². The molecule has 3 heterocycles. The molecule has 0 fully saturated rings. The maximum absolute atomic E-state index is 10.5. The lowest BCUT2D eigenvalue weighted by molar-refractivity contribution is -0.104. The Morgan fingerprint density at radius 2 is 2.10 bits per heavy atom. The molecule has 0 radical (unpaired) electrons. The Labute approximate surface area is 117 Å². The maximum Gasteiger partial charge on any atom is 0.213 e. The molecular formula is C15H16N2O3. The molecule has 0 amide bonds. The normalized spacial score (nSPS) is 23.6. The molecule has 0 aliphatic carbocycles. The summed E-state index contributed by atoms with van der Waals surface area (Å²) in [5, 5.41) is 10.5. The summed E-state index contributed by atoms with van der Waals surface area (Å²) in [4.78, 5) is 8.21. The molecule has 2 aromatic heterocycles. The number of hydrogen-bond acceptors (Lipinski definition) is 5. The second-order valence-electron chi connectivity index (χ2n) is 5.27. The molecule has 1 N–H and O–H groups in total. The molecule has 0 saturated heterocycles. The van der Waals surface area contributed by atoms with E-state index in [0.717, 1.165) is 5.56 Å². The lowest BCUT2D eigenvalue weighted by Gasteiger charge is -2.41. The number of aromatic nitrogens is 2. The minimum atomic E-state index is -0.818. The Bertz CT molecular complexity index is 601. The van der Waals surface area contributed by atoms with Crippen molar-refractivity contribution in [2.45, 2.75) is 31.7 Å². The van der Waals surface area contributed by atoms with Crippen LogP contribution in [0.2, 0.25) is 0 Å². The van der Waals surface area contributed by atoms with E-state index in [9.17, 15) is 5.11 Å². The molecule has 1 aliphatic heterocycles. The number of aliphatic hydroxyl groups excluding tert-OH is 1. The molecule has 104 valence electrons. The first-order chi connectivity index (χ1) is 9.58. The van der Waals surface area contributed by atoms with Gasteiger partial charge < -0.3 is 14.6 Å². The summed E-state index contributed by atoms with van der Waals surface area (Å²) in [6.07, 6.45) is 3.58. The first-order valence-electron chi connectivity index (χ1n) is 6.46. The standard InChI is InChI=1S/C15H16N2O3/c1-15(2)14(18)13(19-12-5-3-4-7-17-12)10-9-16-8-6-11(10)20-15/h3-9,13-14,18H,1-2H3/t13-,14+/m1/s1. The second-order valence-corrected chi connectivity index (χ2v) is 5.27. The summed E-state index contributed by atoms with van der Waals surface area (Å²) in [6.45, 7) is 3.66. The summed E-state index contributed by atoms with van der Waals surface area (Å²) >= 11 is 0. The van der Waals surface area contributed by atoms with Crippen LogP contribution in [0, 0.1) is 0 Å². The molecule has 0 aromatic carbocycles. The van der Waals surface area contributed by atoms with Gasteiger partial charge in [-0.15, -0.1) is 0 Å². The van der Waals surface area contributed by atoms with Gasteiger partial charge in [0.2, 0.25) is 5.88 Å². The minimum Gasteiger partial charge on any atom is -0.484 e. The van der Waals surface area contributed by atoms with Crippen LogP contribution in [0.5, 0.6) is 11.6 Å². The van der Waals surface area contributed by atoms with Gasteiger partial charge in [0.15, 0.2) is 6.10 Å². The van der Waals surface area contributed by atoms with E-state index in [1.807, 2.05) is 26.0 Å². The Morgan fingerprint density at radius 1 is 1.25 bits per heavy atom. The van der Waals surface area contributed by atoms with Crippen molar-refractivity contribution in [1.29, 1.82) is 0 Å². The molecule has 20 heavy (non-hydrogen) atoms. The van der Waals surface area contributed by atoms with E-state index >= 15 is 0 Å². The summed E-state index contributed by atoms with van der Waals surface area (Å²) in [5.74, 6) is 1.14. The predicted octanol–water partition coefficient (Wildman–Crippen LogP) is 2.13. The predicted molar refractivity (Wildman–Crippen MR) is 72.6 cm³/mol. The van der Waals surface area contributed by atoms with Crippen LogP contribution in [-0.2, 0) is 0 Å². The van der Waals surface area contributed by atoms with E-state index in [1.54, 1.807) is 30.7 Å². The zero-order valence-corrected chi connectivity index (χ0v) is 11.4. The monoisotopic (exact) mass is 272 g/mol. The van der Waals surface area contributed by atoms with E-state index in [0.29, 0.717) is 11.6 Å². The molecule has 0 saturated carbocycles. The van der Waals surface area contributed by atoms with E-state index < -0.39 is 17.8 Å². The third-order valence-corrected chi connectivity index (χ3v) is 3.37. The van der Waals surface area contributed by atoms with Crippen LogP contribution in [0.4, 0.5) is 0 Å². The highest BCUT2D eigenvalue weighted by atomic mass is 16.5. The van der Waals surface area contributed by atoms with Gasteiger partial charge in [-0.2, -0.15) is 0 Å². The molecule has 2 aromatic rings. The number of rotatable bonds is 2. The van der Waals surface area contributed by atoms with Gasteiger partial charge in [0, 0.05) is 24.7 Å². The number of ether oxygens (including phenoxy) is 2. The Hall–Kier alpha value is -2.14. The second kappa shape index (κ2) is 4.76. The van der Waals surface area contributed by atoms with E-state index in [4.69, 9.17) is 9.47 Å². The van der Waals surface area contributed by atoms with Crippen molar-refractivity contribution in [3.05, 3.63) is 48.4 Å². The van der Waals surface area contributed by atoms with Crippen LogP contribution in [0.25, 0.3) is 0 Å². The van der Waals surface area contributed by atoms with Gasteiger partial charge in [-0.3, -0.25) is 4.98 Å². The lowest BCUT2D eigenvalue weighted by atomic mass is 9.89. The molecular weight excluding hydrogens is 256 g/mol. The highest BCUT2D eigenvalue weighted by Crippen LogP contribution is 2.41. The topological polar surface area (TPSA) is 64.5 Å². The van der Waals surface area contributed by atoms with Crippen LogP contribution < -0.4 is 9.47 Å². The SMILES string of the molecule is CC1(C)Oc2ccncc2[C@@H](Oc2ccccn2)[C@@H]1O. The summed E-state index contributed by atoms with van der Waals surface area (Å²) in [6, 6.07) is 7.18. The van der Waals surface area contributed by atoms with Gasteiger partial charge in [-0.1, -0.05) is 6.07 Å². The molecule has 0 spiro atoms. The van der Waals surface area contributed by atoms with Crippen LogP contribution >= 0.6 is 0 Å². The highest BCUT2D eigenvalue weighted by molar-refractivity contribution is 5.37. The van der Waals surface area contributed by atoms with Crippen molar-refractivity contribution in [3.63, 3.8) is 0 Å². The van der Waals surface area contributed by atoms with Crippen LogP contribution in [0.3, 0.4) is 0 Å². The van der Waals surface area contributed by atoms with Gasteiger partial charge in [-0.25, -0.2) is 4.98 Å². The number of fused-ring (bicyclic) bond motifs is 1. The number of pyridine rings is 2. The fraction of sp³-hybridized carbons (Fsp3) is 0.333. The van der Waals surface area contributed by atoms with Crippen molar-refractivity contribution in [2.24, 2.45) is 0 Å². The molecule has 0 unspecified atom stereocenters. The largest absolute Gasteiger partial charge is 0.484 e. The van der Waals surface area contributed by atoms with Gasteiger partial charge in [0.25, 0.3) is 0 Å². The molecule has 5 heteroatoms. The minimum absolute atomic E-state index is 0.462. The Balaban J connectivity index is 1.99. The van der Waals surface area contributed by atoms with Crippen molar-refractivity contribution in [2.75, 3.05) is 0 Å². The molecule has 3 rings (SSSR count). The highest BCUT2D eigenvalue weighted by Gasteiger charge is 2.44. The average molecular weight is 272 g/mol. The molecule has 0 bridgehead atoms. The fourth-order valence-electron chi connectivity index (χ4n) is 2.25. The van der Waals surface area contributed by atoms with Crippen LogP contribution in [0.1, 0.15) is 25.5 Å². The van der Waals surface area contributed by atoms with Crippen LogP contribution in [0.15, 0.2) is 42.9 Å². The average Bonchev–Trinajstić information content (AvgIpc) is 2.44. The summed E-state index contributed by atoms with van der Waals surface area (Å²) < 4.78 is 11.7. The van der Waals surface area contributed by atoms with Gasteiger partial charge in [-0.05, 0) is 26.0 Å². The molecule has 2 atom stereocenters. The van der Waals surface area contributed by atoms with Crippen molar-refractivity contribution in [1.82, 2.24) is 9.97 Å². The number of nitrogens with zero attached hydrogens (tertiary/aromatic N) is 2. The summed E-state index contributed by atoms with van der Waals surface area (Å²) in [7, 11) is 0. The zero-order chi connectivity index (χ0) is 14.2. The number of hydrogen-bond donors (Lipinski definition) is 1. The quantitative estimate of drug-likeness (QED) is 0.907. The van der Waals surface area contributed by atoms with E-state index in [1.165, 1.54) is 0 Å². The van der Waals surface area contributed by atoms with Gasteiger partial charge >= 0.3 is 0 Å². The van der Waals surface area contributed by atoms with Crippen molar-refractivity contribution < 1.29 is 14.6 Å². The first-order valence-corrected chi connectivity index (χ1v) is 6.46. The molecule has 1 aliphatic rings. The van der Waals surface area contributed by atoms with Crippen molar-refractivity contribution in [3.8, 4) is 11.6 Å². The van der Waals surface area contributed by atoms with Crippen molar-refractivity contribution >= 4 is 0 Å². The maximum atomic E-state index is 10.5. The molecule has 5 nitrogen and oxygen atoms in total. The van der Waals surface area contributed by atoms with E-state index in [-0.39, 0.29) is 0 Å². The first kappa shape index (κ1) is 12.9. The lowest BCUT2D eigenvalue weighted by Crippen LogP contribution is -2.50. The fourth-order valence-corrected chi connectivity index (χ4v) is 2.25. The van der Waals surface area contributed by atoms with Gasteiger partial charge in [0.1, 0.15) is 17.5 Å². The zero-order valence-electron chi connectivity index (χ0n) is 11.4. The smallest absolute Gasteiger partial charge is 0.213 e. The Morgan fingerprint density at radius 3 is 2.85 bits per heavy atom. The van der Waals surface area contributed by atoms with Gasteiger partial charge in [0.05, 0.1) is 5.56 Å². The van der Waals surface area contributed by atoms with E-state index in [2.05, 4.69) is 9.97 Å². The number of aliphatic hydroxyl groups is 1.